The van der Waals surface area contributed by atoms with E-state index in [4.69, 9.17) is 11.6 Å². The van der Waals surface area contributed by atoms with Crippen LogP contribution in [-0.4, -0.2) is 89.4 Å². The first kappa shape index (κ1) is 36.7. The van der Waals surface area contributed by atoms with Crippen LogP contribution in [0.15, 0.2) is 53.4 Å². The number of H-pyrrole nitrogens is 1. The number of ether oxygens (including phenoxy) is 1. The van der Waals surface area contributed by atoms with Crippen LogP contribution in [0.25, 0.3) is 11.0 Å². The third-order valence-electron chi connectivity index (χ3n) is 7.49. The molecule has 13 nitrogen and oxygen atoms in total. The van der Waals surface area contributed by atoms with Crippen LogP contribution in [0.5, 0.6) is 0 Å². The van der Waals surface area contributed by atoms with Crippen LogP contribution in [0.1, 0.15) is 46.6 Å². The highest BCUT2D eigenvalue weighted by Gasteiger charge is 2.51. The fraction of sp³-hybridized carbons (Fsp3) is 0.484. The summed E-state index contributed by atoms with van der Waals surface area (Å²) in [6.45, 7) is 8.68. The minimum atomic E-state index is -4.04. The Bertz CT molecular complexity index is 1640. The van der Waals surface area contributed by atoms with E-state index in [9.17, 15) is 27.9 Å². The molecule has 0 saturated carbocycles. The van der Waals surface area contributed by atoms with E-state index in [1.54, 1.807) is 0 Å². The second-order valence-electron chi connectivity index (χ2n) is 12.4. The molecule has 1 aromatic heterocycles. The third-order valence-corrected chi connectivity index (χ3v) is 9.71. The number of imidazole rings is 1. The molecule has 0 bridgehead atoms. The average Bonchev–Trinajstić information content (AvgIpc) is 3.39. The zero-order valence-corrected chi connectivity index (χ0v) is 28.5. The van der Waals surface area contributed by atoms with E-state index in [0.29, 0.717) is 17.5 Å². The highest BCUT2D eigenvalue weighted by molar-refractivity contribution is 7.91. The van der Waals surface area contributed by atoms with Gasteiger partial charge in [-0.2, -0.15) is 0 Å². The summed E-state index contributed by atoms with van der Waals surface area (Å²) in [5.41, 5.74) is 0.476. The number of aromatic amines is 1. The lowest BCUT2D eigenvalue weighted by Crippen LogP contribution is -2.70. The number of hydrogen-bond acceptors (Lipinski definition) is 9. The number of benzene rings is 2. The lowest BCUT2D eigenvalue weighted by Gasteiger charge is -2.47. The summed E-state index contributed by atoms with van der Waals surface area (Å²) in [5.74, 6) is -1.91. The molecule has 0 aliphatic rings. The number of nitrogens with zero attached hydrogens (tertiary/aromatic N) is 2. The van der Waals surface area contributed by atoms with E-state index < -0.39 is 50.1 Å². The van der Waals surface area contributed by atoms with Crippen molar-refractivity contribution in [2.45, 2.75) is 63.5 Å². The number of halogens is 1. The van der Waals surface area contributed by atoms with Gasteiger partial charge in [-0.25, -0.2) is 23.6 Å². The van der Waals surface area contributed by atoms with Gasteiger partial charge in [0.1, 0.15) is 11.4 Å². The number of carbonyl (C=O) groups is 3. The van der Waals surface area contributed by atoms with Crippen molar-refractivity contribution >= 4 is 56.3 Å². The molecule has 0 aliphatic carbocycles. The Morgan fingerprint density at radius 3 is 2.35 bits per heavy atom. The number of alkyl halides is 1. The Hall–Kier alpha value is -3.72. The van der Waals surface area contributed by atoms with Gasteiger partial charge in [0.2, 0.25) is 11.9 Å². The van der Waals surface area contributed by atoms with Crippen LogP contribution in [0.4, 0.5) is 10.7 Å². The normalized spacial score (nSPS) is 14.6. The van der Waals surface area contributed by atoms with Crippen LogP contribution < -0.4 is 16.1 Å². The Labute approximate surface area is 274 Å². The maximum absolute atomic E-state index is 14.5. The molecule has 0 saturated heterocycles. The zero-order valence-electron chi connectivity index (χ0n) is 26.9. The minimum Gasteiger partial charge on any atom is -0.453 e. The van der Waals surface area contributed by atoms with Gasteiger partial charge >= 0.3 is 6.09 Å². The molecule has 252 valence electrons. The number of fused-ring (bicyclic) bond motifs is 1. The second kappa shape index (κ2) is 14.8. The Morgan fingerprint density at radius 1 is 1.09 bits per heavy atom. The Kier molecular flexibility index (Phi) is 11.8. The smallest absolute Gasteiger partial charge is 0.413 e. The number of anilines is 1. The maximum Gasteiger partial charge on any atom is 0.413 e. The molecule has 46 heavy (non-hydrogen) atoms. The van der Waals surface area contributed by atoms with Crippen LogP contribution in [-0.2, 0) is 30.6 Å². The molecule has 0 unspecified atom stereocenters. The molecule has 2 atom stereocenters. The van der Waals surface area contributed by atoms with Gasteiger partial charge in [0.15, 0.2) is 9.84 Å². The van der Waals surface area contributed by atoms with E-state index in [1.807, 2.05) is 58.0 Å². The summed E-state index contributed by atoms with van der Waals surface area (Å²) in [6.07, 6.45) is -0.0452. The van der Waals surface area contributed by atoms with Gasteiger partial charge in [0, 0.05) is 19.5 Å². The summed E-state index contributed by atoms with van der Waals surface area (Å²) >= 11 is 5.88. The van der Waals surface area contributed by atoms with Crippen molar-refractivity contribution in [3.8, 4) is 0 Å². The Balaban J connectivity index is 1.86. The van der Waals surface area contributed by atoms with Gasteiger partial charge in [-0.1, -0.05) is 58.0 Å². The number of hydrazine groups is 1. The number of rotatable bonds is 14. The lowest BCUT2D eigenvalue weighted by atomic mass is 9.69. The zero-order chi connectivity index (χ0) is 34.3. The molecule has 0 spiro atoms. The number of aliphatic hydroxyl groups is 1. The lowest BCUT2D eigenvalue weighted by molar-refractivity contribution is -0.150. The van der Waals surface area contributed by atoms with Crippen LogP contribution in [0.2, 0.25) is 0 Å². The largest absolute Gasteiger partial charge is 0.453 e. The molecular formula is C31H43ClN6O7S. The van der Waals surface area contributed by atoms with Crippen molar-refractivity contribution in [3.63, 3.8) is 0 Å². The van der Waals surface area contributed by atoms with Crippen molar-refractivity contribution in [2.75, 3.05) is 37.1 Å². The topological polar surface area (TPSA) is 183 Å². The van der Waals surface area contributed by atoms with Gasteiger partial charge in [0.25, 0.3) is 5.91 Å². The van der Waals surface area contributed by atoms with Gasteiger partial charge < -0.3 is 20.1 Å². The molecule has 0 fully saturated rings. The number of sulfone groups is 1. The molecular weight excluding hydrogens is 636 g/mol. The number of hydrogen-bond donors (Lipinski definition) is 5. The number of carbonyl (C=O) groups excluding carboxylic acids is 3. The van der Waals surface area contributed by atoms with Crippen molar-refractivity contribution in [1.29, 1.82) is 0 Å². The highest BCUT2D eigenvalue weighted by Crippen LogP contribution is 2.36. The number of aromatic nitrogens is 2. The average molecular weight is 679 g/mol. The third kappa shape index (κ3) is 8.96. The standard InChI is InChI=1S/C31H43ClN6O7S/c1-7-15-38(26(40)31(29(2,3)4,37-25(39)18-32)17-21-11-9-8-10-12-21)33-19-30(5,42)20-46(43,44)22-13-14-23-24(16-22)35-27(34-23)36-28(41)45-6/h8-14,16,33,42H,7,15,17-20H2,1-6H3,(H,37,39)(H2,34,35,36,41)/t30-,31-/m1/s1. The van der Waals surface area contributed by atoms with Crippen LogP contribution >= 0.6 is 11.6 Å². The van der Waals surface area contributed by atoms with E-state index in [0.717, 1.165) is 5.56 Å². The highest BCUT2D eigenvalue weighted by atomic mass is 35.5. The molecule has 2 aromatic carbocycles. The van der Waals surface area contributed by atoms with E-state index in [1.165, 1.54) is 37.2 Å². The van der Waals surface area contributed by atoms with Gasteiger partial charge in [-0.15, -0.1) is 11.6 Å². The van der Waals surface area contributed by atoms with Crippen molar-refractivity contribution in [2.24, 2.45) is 5.41 Å². The number of methoxy groups -OCH3 is 1. The predicted molar refractivity (Wildman–Crippen MR) is 176 cm³/mol. The molecule has 3 aromatic rings. The van der Waals surface area contributed by atoms with E-state index in [-0.39, 0.29) is 36.2 Å². The molecule has 5 N–H and O–H groups in total. The summed E-state index contributed by atoms with van der Waals surface area (Å²) in [5, 5.41) is 17.9. The van der Waals surface area contributed by atoms with Crippen molar-refractivity contribution in [1.82, 2.24) is 25.7 Å². The van der Waals surface area contributed by atoms with Crippen LogP contribution in [0, 0.1) is 5.41 Å². The van der Waals surface area contributed by atoms with Gasteiger partial charge in [0.05, 0.1) is 34.4 Å². The maximum atomic E-state index is 14.5. The first-order valence-electron chi connectivity index (χ1n) is 14.7. The van der Waals surface area contributed by atoms with E-state index >= 15 is 0 Å². The summed E-state index contributed by atoms with van der Waals surface area (Å²) < 4.78 is 31.4. The first-order valence-corrected chi connectivity index (χ1v) is 16.9. The van der Waals surface area contributed by atoms with Crippen molar-refractivity contribution < 1.29 is 32.6 Å². The molecule has 3 amide bonds. The fourth-order valence-corrected chi connectivity index (χ4v) is 6.75. The minimum absolute atomic E-state index is 0.0755. The SMILES string of the molecule is CCCN(NC[C@@](C)(O)CS(=O)(=O)c1ccc2nc(NC(=O)OC)[nH]c2c1)C(=O)[C@@](Cc1ccccc1)(NC(=O)CCl)C(C)(C)C. The van der Waals surface area contributed by atoms with Gasteiger partial charge in [-0.05, 0) is 42.5 Å². The second-order valence-corrected chi connectivity index (χ2v) is 14.7. The molecule has 3 rings (SSSR count). The molecule has 1 heterocycles. The fourth-order valence-electron chi connectivity index (χ4n) is 5.03. The predicted octanol–water partition coefficient (Wildman–Crippen LogP) is 3.39. The van der Waals surface area contributed by atoms with E-state index in [2.05, 4.69) is 30.8 Å². The summed E-state index contributed by atoms with van der Waals surface area (Å²) in [7, 11) is -2.84. The quantitative estimate of drug-likeness (QED) is 0.126. The monoisotopic (exact) mass is 678 g/mol. The molecule has 0 aliphatic heterocycles. The van der Waals surface area contributed by atoms with Crippen molar-refractivity contribution in [3.05, 3.63) is 54.1 Å². The number of amides is 3. The summed E-state index contributed by atoms with van der Waals surface area (Å²) in [4.78, 5) is 45.6. The number of nitrogens with one attached hydrogen (secondary N) is 4. The first-order chi connectivity index (χ1) is 21.5. The molecule has 15 heteroatoms. The molecule has 0 radical (unpaired) electrons. The summed E-state index contributed by atoms with van der Waals surface area (Å²) in [6, 6.07) is 13.5. The van der Waals surface area contributed by atoms with Gasteiger partial charge in [-0.3, -0.25) is 19.9 Å². The van der Waals surface area contributed by atoms with Crippen LogP contribution in [0.3, 0.4) is 0 Å². The Morgan fingerprint density at radius 2 is 1.76 bits per heavy atom.